The second-order valence-electron chi connectivity index (χ2n) is 7.50. The lowest BCUT2D eigenvalue weighted by Gasteiger charge is -2.38. The molecule has 2 aliphatic rings. The van der Waals surface area contributed by atoms with Crippen molar-refractivity contribution in [1.29, 1.82) is 0 Å². The zero-order valence-corrected chi connectivity index (χ0v) is 13.8. The molecule has 2 fully saturated rings. The van der Waals surface area contributed by atoms with E-state index < -0.39 is 0 Å². The van der Waals surface area contributed by atoms with Crippen LogP contribution in [0, 0.1) is 17.8 Å². The Bertz CT molecular complexity index is 342. The fourth-order valence-corrected chi connectivity index (χ4v) is 3.37. The third kappa shape index (κ3) is 5.59. The number of aliphatic hydroxyl groups is 1. The maximum Gasteiger partial charge on any atom is 0.219 e. The van der Waals surface area contributed by atoms with Crippen molar-refractivity contribution < 1.29 is 9.90 Å². The summed E-state index contributed by atoms with van der Waals surface area (Å²) in [7, 11) is 0. The molecule has 1 saturated carbocycles. The molecule has 4 heteroatoms. The number of hydrogen-bond donors (Lipinski definition) is 2. The molecule has 1 amide bonds. The van der Waals surface area contributed by atoms with E-state index in [0.29, 0.717) is 23.8 Å². The smallest absolute Gasteiger partial charge is 0.219 e. The van der Waals surface area contributed by atoms with Gasteiger partial charge in [-0.15, -0.1) is 0 Å². The zero-order chi connectivity index (χ0) is 15.4. The SMILES string of the molecule is CC(=O)N1CC(CC(O)C2CC2)CC(NCCC(C)C)C1. The molecule has 3 atom stereocenters. The highest BCUT2D eigenvalue weighted by Crippen LogP contribution is 2.36. The van der Waals surface area contributed by atoms with Gasteiger partial charge in [0.2, 0.25) is 5.91 Å². The Labute approximate surface area is 129 Å². The van der Waals surface area contributed by atoms with Gasteiger partial charge in [-0.05, 0) is 56.4 Å². The van der Waals surface area contributed by atoms with E-state index in [1.807, 2.05) is 4.90 Å². The fourth-order valence-electron chi connectivity index (χ4n) is 3.37. The third-order valence-electron chi connectivity index (χ3n) is 4.88. The number of nitrogens with zero attached hydrogens (tertiary/aromatic N) is 1. The van der Waals surface area contributed by atoms with Crippen molar-refractivity contribution in [1.82, 2.24) is 10.2 Å². The third-order valence-corrected chi connectivity index (χ3v) is 4.88. The molecule has 21 heavy (non-hydrogen) atoms. The van der Waals surface area contributed by atoms with Crippen molar-refractivity contribution in [2.45, 2.75) is 65.0 Å². The number of carbonyl (C=O) groups excluding carboxylic acids is 1. The number of nitrogens with one attached hydrogen (secondary N) is 1. The molecule has 1 heterocycles. The number of rotatable bonds is 7. The van der Waals surface area contributed by atoms with E-state index in [1.165, 1.54) is 19.3 Å². The standard InChI is InChI=1S/C17H32N2O2/c1-12(2)6-7-18-16-8-14(9-17(21)15-4-5-15)10-19(11-16)13(3)20/h12,14-18,21H,4-11H2,1-3H3. The molecular weight excluding hydrogens is 264 g/mol. The lowest BCUT2D eigenvalue weighted by molar-refractivity contribution is -0.131. The van der Waals surface area contributed by atoms with Crippen LogP contribution in [-0.4, -0.2) is 47.7 Å². The van der Waals surface area contributed by atoms with Gasteiger partial charge >= 0.3 is 0 Å². The molecule has 2 N–H and O–H groups in total. The van der Waals surface area contributed by atoms with Crippen molar-refractivity contribution in [3.05, 3.63) is 0 Å². The Balaban J connectivity index is 1.83. The first-order valence-corrected chi connectivity index (χ1v) is 8.62. The van der Waals surface area contributed by atoms with E-state index in [-0.39, 0.29) is 12.0 Å². The maximum absolute atomic E-state index is 11.7. The predicted molar refractivity (Wildman–Crippen MR) is 85.0 cm³/mol. The van der Waals surface area contributed by atoms with Crippen LogP contribution in [0.2, 0.25) is 0 Å². The van der Waals surface area contributed by atoms with Gasteiger partial charge in [0.05, 0.1) is 6.10 Å². The Morgan fingerprint density at radius 2 is 2.05 bits per heavy atom. The molecule has 1 saturated heterocycles. The van der Waals surface area contributed by atoms with Gasteiger partial charge in [0.15, 0.2) is 0 Å². The summed E-state index contributed by atoms with van der Waals surface area (Å²) < 4.78 is 0. The normalized spacial score (nSPS) is 28.0. The molecule has 0 radical (unpaired) electrons. The number of likely N-dealkylation sites (tertiary alicyclic amines) is 1. The summed E-state index contributed by atoms with van der Waals surface area (Å²) >= 11 is 0. The molecule has 0 aromatic rings. The minimum Gasteiger partial charge on any atom is -0.393 e. The van der Waals surface area contributed by atoms with Crippen LogP contribution < -0.4 is 5.32 Å². The van der Waals surface area contributed by atoms with E-state index in [4.69, 9.17) is 0 Å². The summed E-state index contributed by atoms with van der Waals surface area (Å²) in [6.07, 6.45) is 5.33. The average molecular weight is 296 g/mol. The van der Waals surface area contributed by atoms with Crippen LogP contribution in [-0.2, 0) is 4.79 Å². The largest absolute Gasteiger partial charge is 0.393 e. The van der Waals surface area contributed by atoms with Gasteiger partial charge in [-0.3, -0.25) is 4.79 Å². The average Bonchev–Trinajstić information content (AvgIpc) is 3.22. The maximum atomic E-state index is 11.7. The van der Waals surface area contributed by atoms with Gasteiger partial charge in [-0.25, -0.2) is 0 Å². The van der Waals surface area contributed by atoms with Crippen molar-refractivity contribution in [3.63, 3.8) is 0 Å². The summed E-state index contributed by atoms with van der Waals surface area (Å²) in [5.41, 5.74) is 0. The van der Waals surface area contributed by atoms with Crippen LogP contribution in [0.1, 0.15) is 52.9 Å². The molecule has 3 unspecified atom stereocenters. The first kappa shape index (κ1) is 16.8. The molecule has 4 nitrogen and oxygen atoms in total. The van der Waals surface area contributed by atoms with E-state index in [0.717, 1.165) is 32.5 Å². The van der Waals surface area contributed by atoms with Gasteiger partial charge < -0.3 is 15.3 Å². The second kappa shape index (κ2) is 7.59. The summed E-state index contributed by atoms with van der Waals surface area (Å²) in [4.78, 5) is 13.7. The number of aliphatic hydroxyl groups excluding tert-OH is 1. The summed E-state index contributed by atoms with van der Waals surface area (Å²) in [6.45, 7) is 8.79. The van der Waals surface area contributed by atoms with Crippen LogP contribution in [0.3, 0.4) is 0 Å². The van der Waals surface area contributed by atoms with Crippen LogP contribution in [0.25, 0.3) is 0 Å². The van der Waals surface area contributed by atoms with Crippen LogP contribution in [0.5, 0.6) is 0 Å². The Kier molecular flexibility index (Phi) is 6.06. The topological polar surface area (TPSA) is 52.6 Å². The van der Waals surface area contributed by atoms with Crippen molar-refractivity contribution in [2.75, 3.05) is 19.6 Å². The van der Waals surface area contributed by atoms with Crippen LogP contribution in [0.4, 0.5) is 0 Å². The van der Waals surface area contributed by atoms with E-state index in [2.05, 4.69) is 19.2 Å². The predicted octanol–water partition coefficient (Wildman–Crippen LogP) is 2.02. The molecule has 0 aromatic carbocycles. The number of carbonyl (C=O) groups is 1. The highest BCUT2D eigenvalue weighted by Gasteiger charge is 2.35. The van der Waals surface area contributed by atoms with Crippen molar-refractivity contribution >= 4 is 5.91 Å². The first-order valence-electron chi connectivity index (χ1n) is 8.62. The van der Waals surface area contributed by atoms with E-state index in [1.54, 1.807) is 6.92 Å². The van der Waals surface area contributed by atoms with Gasteiger partial charge in [0, 0.05) is 26.1 Å². The molecule has 1 aliphatic heterocycles. The van der Waals surface area contributed by atoms with Gasteiger partial charge in [0.25, 0.3) is 0 Å². The fraction of sp³-hybridized carbons (Fsp3) is 0.941. The van der Waals surface area contributed by atoms with E-state index >= 15 is 0 Å². The summed E-state index contributed by atoms with van der Waals surface area (Å²) in [5.74, 6) is 1.84. The Morgan fingerprint density at radius 3 is 2.62 bits per heavy atom. The minimum atomic E-state index is -0.154. The molecule has 122 valence electrons. The van der Waals surface area contributed by atoms with Gasteiger partial charge in [0.1, 0.15) is 0 Å². The van der Waals surface area contributed by atoms with Crippen molar-refractivity contribution in [2.24, 2.45) is 17.8 Å². The summed E-state index contributed by atoms with van der Waals surface area (Å²) in [6, 6.07) is 0.387. The zero-order valence-electron chi connectivity index (χ0n) is 13.8. The molecule has 2 rings (SSSR count). The number of piperidine rings is 1. The molecule has 0 bridgehead atoms. The van der Waals surface area contributed by atoms with Crippen molar-refractivity contribution in [3.8, 4) is 0 Å². The molecule has 1 aliphatic carbocycles. The van der Waals surface area contributed by atoms with Gasteiger partial charge in [-0.2, -0.15) is 0 Å². The second-order valence-corrected chi connectivity index (χ2v) is 7.50. The molecular formula is C17H32N2O2. The Hall–Kier alpha value is -0.610. The summed E-state index contributed by atoms with van der Waals surface area (Å²) in [5, 5.41) is 13.8. The Morgan fingerprint density at radius 1 is 1.33 bits per heavy atom. The van der Waals surface area contributed by atoms with Gasteiger partial charge in [-0.1, -0.05) is 13.8 Å². The number of hydrogen-bond acceptors (Lipinski definition) is 3. The highest BCUT2D eigenvalue weighted by molar-refractivity contribution is 5.73. The minimum absolute atomic E-state index is 0.154. The lowest BCUT2D eigenvalue weighted by Crippen LogP contribution is -2.51. The molecule has 0 spiro atoms. The lowest BCUT2D eigenvalue weighted by atomic mass is 9.88. The monoisotopic (exact) mass is 296 g/mol. The highest BCUT2D eigenvalue weighted by atomic mass is 16.3. The van der Waals surface area contributed by atoms with E-state index in [9.17, 15) is 9.90 Å². The van der Waals surface area contributed by atoms with Crippen LogP contribution in [0.15, 0.2) is 0 Å². The van der Waals surface area contributed by atoms with Crippen LogP contribution >= 0.6 is 0 Å². The first-order chi connectivity index (χ1) is 9.95. The quantitative estimate of drug-likeness (QED) is 0.756. The molecule has 0 aromatic heterocycles. The number of amides is 1.